The summed E-state index contributed by atoms with van der Waals surface area (Å²) in [4.78, 5) is 104. The number of aromatic amines is 3. The fourth-order valence-electron chi connectivity index (χ4n) is 14.2. The normalized spacial score (nSPS) is 18.7. The molecule has 2 saturated heterocycles. The second-order valence-corrected chi connectivity index (χ2v) is 29.4. The second kappa shape index (κ2) is 30.1. The van der Waals surface area contributed by atoms with Crippen LogP contribution in [0.25, 0.3) is 55.1 Å². The monoisotopic (exact) mass is 1460 g/mol. The van der Waals surface area contributed by atoms with Crippen LogP contribution in [0.4, 0.5) is 22.7 Å². The van der Waals surface area contributed by atoms with Crippen LogP contribution in [0.3, 0.4) is 0 Å². The average Bonchev–Trinajstić information content (AvgIpc) is 1.62. The van der Waals surface area contributed by atoms with Gasteiger partial charge in [-0.15, -0.1) is 10.2 Å². The first kappa shape index (κ1) is 76.2. The van der Waals surface area contributed by atoms with Crippen LogP contribution < -0.4 is 14.8 Å². The first-order chi connectivity index (χ1) is 49.5. The Morgan fingerprint density at radius 3 is 1.69 bits per heavy atom. The highest BCUT2D eigenvalue weighted by atomic mass is 32.2. The predicted molar refractivity (Wildman–Crippen MR) is 391 cm³/mol. The van der Waals surface area contributed by atoms with Gasteiger partial charge in [0.1, 0.15) is 11.8 Å². The number of hydrogen-bond acceptors (Lipinski definition) is 17. The van der Waals surface area contributed by atoms with Crippen LogP contribution in [0.1, 0.15) is 179 Å². The van der Waals surface area contributed by atoms with Crippen LogP contribution in [0, 0.1) is 91.2 Å². The third-order valence-corrected chi connectivity index (χ3v) is 20.1. The molecule has 1 aliphatic carbocycles. The van der Waals surface area contributed by atoms with Gasteiger partial charge in [-0.05, 0) is 130 Å². The number of H-pyrrole nitrogens is 3. The Labute approximate surface area is 607 Å². The van der Waals surface area contributed by atoms with Gasteiger partial charge in [-0.1, -0.05) is 58.9 Å². The third-order valence-electron chi connectivity index (χ3n) is 19.5. The lowest BCUT2D eigenvalue weighted by Gasteiger charge is -2.37. The maximum absolute atomic E-state index is 13.2. The van der Waals surface area contributed by atoms with E-state index in [0.29, 0.717) is 87.6 Å². The molecular formula is C73H89N19O12S. The van der Waals surface area contributed by atoms with Gasteiger partial charge < -0.3 is 24.1 Å². The molecule has 10 heterocycles. The van der Waals surface area contributed by atoms with E-state index in [4.69, 9.17) is 27.4 Å². The quantitative estimate of drug-likeness (QED) is 0.0361. The number of aryl methyl sites for hydroxylation is 8. The Morgan fingerprint density at radius 2 is 1.20 bits per heavy atom. The maximum Gasteiger partial charge on any atom is 0.329 e. The molecule has 1 saturated carbocycles. The van der Waals surface area contributed by atoms with Gasteiger partial charge in [0.15, 0.2) is 34.4 Å². The topological polar surface area (TPSA) is 355 Å². The van der Waals surface area contributed by atoms with E-state index in [1.165, 1.54) is 16.7 Å². The van der Waals surface area contributed by atoms with E-state index in [1.54, 1.807) is 74.1 Å². The van der Waals surface area contributed by atoms with Crippen molar-refractivity contribution in [2.45, 2.75) is 162 Å². The molecule has 13 rings (SSSR count). The van der Waals surface area contributed by atoms with Gasteiger partial charge in [-0.3, -0.25) is 62.8 Å². The Kier molecular flexibility index (Phi) is 21.9. The predicted octanol–water partition coefficient (Wildman–Crippen LogP) is 11.7. The number of carbonyl (C=O) groups is 7. The molecule has 6 atom stereocenters. The zero-order valence-corrected chi connectivity index (χ0v) is 63.3. The van der Waals surface area contributed by atoms with Crippen LogP contribution in [-0.2, 0) is 50.5 Å². The van der Waals surface area contributed by atoms with E-state index < -0.39 is 28.0 Å². The summed E-state index contributed by atoms with van der Waals surface area (Å²) in [6, 6.07) is 10.1. The van der Waals surface area contributed by atoms with E-state index >= 15 is 0 Å². The molecular weight excluding hydrogens is 1370 g/mol. The number of imidazole rings is 1. The van der Waals surface area contributed by atoms with E-state index in [0.717, 1.165) is 63.9 Å². The number of rotatable bonds is 15. The van der Waals surface area contributed by atoms with Crippen molar-refractivity contribution in [3.8, 4) is 28.7 Å². The molecule has 5 N–H and O–H groups in total. The Balaban J connectivity index is 0.000000153. The number of likely N-dealkylation sites (tertiary alicyclic amines) is 2. The minimum atomic E-state index is -3.45. The summed E-state index contributed by atoms with van der Waals surface area (Å²) in [6.07, 6.45) is 5.42. The fourth-order valence-corrected chi connectivity index (χ4v) is 14.8. The molecule has 6 unspecified atom stereocenters. The minimum absolute atomic E-state index is 0.0925. The zero-order valence-electron chi connectivity index (χ0n) is 62.5. The molecule has 8 aromatic heterocycles. The number of anilines is 2. The molecule has 31 nitrogen and oxygen atoms in total. The number of nitrogens with one attached hydrogen (secondary N) is 5. The number of aromatic nitrogens is 13. The van der Waals surface area contributed by atoms with E-state index in [-0.39, 0.29) is 101 Å². The molecule has 0 bridgehead atoms. The van der Waals surface area contributed by atoms with E-state index in [2.05, 4.69) is 81.1 Å². The molecule has 554 valence electrons. The number of sulfonamides is 1. The highest BCUT2D eigenvalue weighted by molar-refractivity contribution is 7.92. The van der Waals surface area contributed by atoms with Crippen molar-refractivity contribution >= 4 is 96.8 Å². The minimum Gasteiger partial charge on any atom is -0.478 e. The van der Waals surface area contributed by atoms with Gasteiger partial charge in [0, 0.05) is 78.6 Å². The summed E-state index contributed by atoms with van der Waals surface area (Å²) in [5.41, 5.74) is 12.2. The number of imide groups is 2. The van der Waals surface area contributed by atoms with Gasteiger partial charge in [0.2, 0.25) is 56.8 Å². The summed E-state index contributed by atoms with van der Waals surface area (Å²) in [5.74, 6) is 0.996. The number of benzene rings is 2. The van der Waals surface area contributed by atoms with Crippen LogP contribution in [0.2, 0.25) is 0 Å². The van der Waals surface area contributed by atoms with Gasteiger partial charge in [0.05, 0.1) is 78.5 Å². The van der Waals surface area contributed by atoms with Crippen LogP contribution in [0.15, 0.2) is 42.6 Å². The first-order valence-electron chi connectivity index (χ1n) is 34.7. The highest BCUT2D eigenvalue weighted by Crippen LogP contribution is 2.40. The molecule has 0 radical (unpaired) electrons. The first-order valence-corrected chi connectivity index (χ1v) is 36.5. The zero-order chi connectivity index (χ0) is 76.9. The van der Waals surface area contributed by atoms with Crippen molar-refractivity contribution < 1.29 is 56.2 Å². The van der Waals surface area contributed by atoms with Crippen LogP contribution in [0.5, 0.6) is 5.88 Å². The molecule has 3 aliphatic rings. The smallest absolute Gasteiger partial charge is 0.329 e. The van der Waals surface area contributed by atoms with Gasteiger partial charge in [-0.2, -0.15) is 5.10 Å². The number of amides is 5. The summed E-state index contributed by atoms with van der Waals surface area (Å²) in [6.45, 7) is 47.8. The van der Waals surface area contributed by atoms with Crippen molar-refractivity contribution in [1.29, 1.82) is 0 Å². The molecule has 2 aromatic carbocycles. The molecule has 3 fully saturated rings. The number of hydrogen-bond donors (Lipinski definition) is 5. The van der Waals surface area contributed by atoms with Gasteiger partial charge >= 0.3 is 11.9 Å². The number of nitrogens with zero attached hydrogens (tertiary/aromatic N) is 14. The average molecular weight is 1460 g/mol. The van der Waals surface area contributed by atoms with Crippen LogP contribution >= 0.6 is 0 Å². The van der Waals surface area contributed by atoms with Crippen molar-refractivity contribution in [1.82, 2.24) is 73.0 Å². The van der Waals surface area contributed by atoms with Crippen molar-refractivity contribution in [2.24, 2.45) is 36.6 Å². The lowest BCUT2D eigenvalue weighted by molar-refractivity contribution is -0.143. The molecule has 32 heteroatoms. The van der Waals surface area contributed by atoms with E-state index in [1.807, 2.05) is 88.1 Å². The number of esters is 2. The highest BCUT2D eigenvalue weighted by Gasteiger charge is 2.43. The molecule has 105 heavy (non-hydrogen) atoms. The van der Waals surface area contributed by atoms with Gasteiger partial charge in [-0.25, -0.2) is 46.7 Å². The third kappa shape index (κ3) is 14.8. The lowest BCUT2D eigenvalue weighted by Crippen LogP contribution is -2.37. The Hall–Kier alpha value is -11.4. The Morgan fingerprint density at radius 1 is 0.686 bits per heavy atom. The Bertz CT molecular complexity index is 5320. The summed E-state index contributed by atoms with van der Waals surface area (Å²) in [5, 5.41) is 24.9. The fraction of sp³-hybridized carbons (Fsp3) is 0.452. The standard InChI is InChI=1S/C25H31N5O4S.C19H19N5O3.C15H20N4O2.C14H19N5O3/c1-13-10-15(3)22(16(4)11-13)34-25(31)20-17(5)30-24(21(20)26-6)27-23(28-30)18-9-8-14(2)19(12-18)29-35(7,32)33;1-6-27-19(26)15-11(3)24-18(16(15)20-5)22-17(23-24)13-8-7-10(2)14(9-13)21-12(4)25;1-8-6-13(20)18(15(8)21)11(4)12-7-17(5)14-9(2)10(3)16-19(12)14;1-5-22-13-8(3)11-15-16-12(19(11)17-13)9(4)18-10(20)6-7(2)14(18)21/h8-9,12-13,15-16,22,29H,10-11H2,1-5,7H3,(H,27,28);7-9H,6H2,1-4H3,(H,21,25)(H,22,23);7-8,11H,6H2,1-5H3;7,9,17H,5-6H2,1-4H3. The summed E-state index contributed by atoms with van der Waals surface area (Å²) in [7, 11) is -1.49. The number of carbonyl (C=O) groups excluding carboxylic acids is 7. The number of fused-ring (bicyclic) bond motifs is 4. The molecule has 0 spiro atoms. The molecule has 2 aliphatic heterocycles. The van der Waals surface area contributed by atoms with E-state index in [9.17, 15) is 42.0 Å². The summed E-state index contributed by atoms with van der Waals surface area (Å²) < 4.78 is 51.2. The lowest BCUT2D eigenvalue weighted by atomic mass is 9.75. The second-order valence-electron chi connectivity index (χ2n) is 27.6. The van der Waals surface area contributed by atoms with Crippen molar-refractivity contribution in [3.05, 3.63) is 127 Å². The van der Waals surface area contributed by atoms with Gasteiger partial charge in [0.25, 0.3) is 0 Å². The number of ether oxygens (including phenoxy) is 3. The summed E-state index contributed by atoms with van der Waals surface area (Å²) >= 11 is 0. The van der Waals surface area contributed by atoms with Crippen molar-refractivity contribution in [3.63, 3.8) is 0 Å². The van der Waals surface area contributed by atoms with Crippen LogP contribution in [-0.4, -0.2) is 148 Å². The molecule has 5 amide bonds. The largest absolute Gasteiger partial charge is 0.478 e. The van der Waals surface area contributed by atoms with Crippen molar-refractivity contribution in [2.75, 3.05) is 29.5 Å². The maximum atomic E-state index is 13.2. The SMILES string of the molecule is CCOc1[nH]n2c(C(C)N3C(=O)CC(C)C3=O)nnc2c1C.Cc1nn2c(C(C)N3C(=O)CC(C)C3=O)cn(C)c2c1C.[C-]#[N+]c1c(C(=O)OC2C(C)CC(C)CC2C)c(C)n2[nH]c(-c3ccc(C)c(NS(C)(=O)=O)c3)nc12.[C-]#[N+]c1c(C(=O)OCC)c(C)n2[nH]c(-c3ccc(C)c(NC(C)=O)c3)nc12. The molecule has 10 aromatic rings.